The van der Waals surface area contributed by atoms with Gasteiger partial charge >= 0.3 is 5.97 Å². The molecule has 0 saturated heterocycles. The van der Waals surface area contributed by atoms with Crippen LogP contribution in [0.4, 0.5) is 0 Å². The second-order valence-corrected chi connectivity index (χ2v) is 8.21. The summed E-state index contributed by atoms with van der Waals surface area (Å²) in [6.45, 7) is 6.60. The zero-order chi connectivity index (χ0) is 21.0. The predicted octanol–water partition coefficient (Wildman–Crippen LogP) is 4.32. The number of carboxylic acid groups (broad SMARTS) is 1. The molecule has 1 aromatic heterocycles. The summed E-state index contributed by atoms with van der Waals surface area (Å²) >= 11 is 0. The van der Waals surface area contributed by atoms with Crippen molar-refractivity contribution in [3.63, 3.8) is 0 Å². The number of hydrogen-bond donors (Lipinski definition) is 2. The van der Waals surface area contributed by atoms with E-state index in [1.807, 2.05) is 36.7 Å². The quantitative estimate of drug-likeness (QED) is 0.657. The van der Waals surface area contributed by atoms with Crippen LogP contribution >= 0.6 is 0 Å². The molecule has 2 N–H and O–H groups in total. The molecule has 5 heteroatoms. The molecule has 1 unspecified atom stereocenters. The van der Waals surface area contributed by atoms with E-state index < -0.39 is 12.0 Å². The van der Waals surface area contributed by atoms with Crippen LogP contribution in [0.15, 0.2) is 60.9 Å². The van der Waals surface area contributed by atoms with E-state index in [0.29, 0.717) is 12.2 Å². The van der Waals surface area contributed by atoms with Crippen LogP contribution in [0.3, 0.4) is 0 Å². The van der Waals surface area contributed by atoms with Gasteiger partial charge in [-0.25, -0.2) is 9.97 Å². The first-order chi connectivity index (χ1) is 13.8. The lowest BCUT2D eigenvalue weighted by Crippen LogP contribution is -2.35. The molecule has 0 bridgehead atoms. The number of aliphatic carboxylic acids is 1. The summed E-state index contributed by atoms with van der Waals surface area (Å²) in [5.74, 6) is -0.207. The molecule has 1 atom stereocenters. The monoisotopic (exact) mass is 389 g/mol. The first-order valence-electron chi connectivity index (χ1n) is 9.70. The molecule has 1 heterocycles. The van der Waals surface area contributed by atoms with Crippen molar-refractivity contribution in [1.82, 2.24) is 15.3 Å². The number of benzene rings is 2. The van der Waals surface area contributed by atoms with Crippen LogP contribution in [-0.2, 0) is 16.6 Å². The Morgan fingerprint density at radius 3 is 2.21 bits per heavy atom. The van der Waals surface area contributed by atoms with Gasteiger partial charge in [0, 0.05) is 23.5 Å². The first kappa shape index (κ1) is 20.7. The van der Waals surface area contributed by atoms with E-state index in [4.69, 9.17) is 5.11 Å². The van der Waals surface area contributed by atoms with Gasteiger partial charge < -0.3 is 10.4 Å². The molecular formula is C24H27N3O2. The lowest BCUT2D eigenvalue weighted by Gasteiger charge is -2.19. The molecule has 0 amide bonds. The van der Waals surface area contributed by atoms with E-state index >= 15 is 0 Å². The highest BCUT2D eigenvalue weighted by atomic mass is 16.4. The minimum absolute atomic E-state index is 0.0888. The van der Waals surface area contributed by atoms with Crippen molar-refractivity contribution >= 4 is 5.97 Å². The van der Waals surface area contributed by atoms with Crippen molar-refractivity contribution in [2.45, 2.75) is 38.6 Å². The van der Waals surface area contributed by atoms with Gasteiger partial charge in [0.15, 0.2) is 5.82 Å². The van der Waals surface area contributed by atoms with Gasteiger partial charge in [0.1, 0.15) is 6.04 Å². The summed E-state index contributed by atoms with van der Waals surface area (Å²) in [6, 6.07) is 15.6. The third kappa shape index (κ3) is 5.06. The Hall–Kier alpha value is -3.05. The van der Waals surface area contributed by atoms with Crippen LogP contribution in [-0.4, -0.2) is 34.1 Å². The summed E-state index contributed by atoms with van der Waals surface area (Å²) < 4.78 is 0. The zero-order valence-corrected chi connectivity index (χ0v) is 17.3. The molecule has 150 valence electrons. The number of rotatable bonds is 6. The van der Waals surface area contributed by atoms with Crippen molar-refractivity contribution in [3.05, 3.63) is 72.1 Å². The predicted molar refractivity (Wildman–Crippen MR) is 116 cm³/mol. The number of likely N-dealkylation sites (N-methyl/N-ethyl adjacent to an activating group) is 1. The molecule has 0 saturated carbocycles. The molecular weight excluding hydrogens is 362 g/mol. The highest BCUT2D eigenvalue weighted by molar-refractivity contribution is 5.74. The fraction of sp³-hybridized carbons (Fsp3) is 0.292. The fourth-order valence-corrected chi connectivity index (χ4v) is 3.13. The molecule has 0 spiro atoms. The Kier molecular flexibility index (Phi) is 6.09. The second kappa shape index (κ2) is 8.53. The summed E-state index contributed by atoms with van der Waals surface area (Å²) in [7, 11) is 1.65. The number of nitrogens with one attached hydrogen (secondary N) is 1. The van der Waals surface area contributed by atoms with Crippen LogP contribution in [0.1, 0.15) is 31.9 Å². The van der Waals surface area contributed by atoms with Crippen LogP contribution in [0.25, 0.3) is 22.5 Å². The van der Waals surface area contributed by atoms with Gasteiger partial charge in [0.2, 0.25) is 0 Å². The molecule has 0 aliphatic rings. The average molecular weight is 389 g/mol. The van der Waals surface area contributed by atoms with Gasteiger partial charge in [-0.05, 0) is 35.6 Å². The molecule has 0 aliphatic carbocycles. The Labute approximate surface area is 171 Å². The summed E-state index contributed by atoms with van der Waals surface area (Å²) in [5.41, 5.74) is 5.30. The van der Waals surface area contributed by atoms with E-state index in [0.717, 1.165) is 22.3 Å². The number of nitrogens with zero attached hydrogens (tertiary/aromatic N) is 2. The Bertz CT molecular complexity index is 974. The maximum Gasteiger partial charge on any atom is 0.321 e. The van der Waals surface area contributed by atoms with Gasteiger partial charge in [-0.2, -0.15) is 0 Å². The lowest BCUT2D eigenvalue weighted by atomic mass is 9.86. The van der Waals surface area contributed by atoms with E-state index in [1.165, 1.54) is 5.56 Å². The lowest BCUT2D eigenvalue weighted by molar-refractivity contribution is -0.139. The SMILES string of the molecule is CNC(Cc1ccc(-c2ncc(-c3cccc(C(C)(C)C)c3)cn2)cc1)C(=O)O. The topological polar surface area (TPSA) is 75.1 Å². The van der Waals surface area contributed by atoms with E-state index in [2.05, 4.69) is 60.3 Å². The van der Waals surface area contributed by atoms with Gasteiger partial charge in [-0.15, -0.1) is 0 Å². The van der Waals surface area contributed by atoms with Crippen LogP contribution in [0, 0.1) is 0 Å². The van der Waals surface area contributed by atoms with Crippen molar-refractivity contribution in [3.8, 4) is 22.5 Å². The first-order valence-corrected chi connectivity index (χ1v) is 9.70. The highest BCUT2D eigenvalue weighted by Gasteiger charge is 2.16. The summed E-state index contributed by atoms with van der Waals surface area (Å²) in [4.78, 5) is 20.2. The Morgan fingerprint density at radius 1 is 1.00 bits per heavy atom. The fourth-order valence-electron chi connectivity index (χ4n) is 3.13. The molecule has 0 fully saturated rings. The van der Waals surface area contributed by atoms with Crippen molar-refractivity contribution in [2.75, 3.05) is 7.05 Å². The normalized spacial score (nSPS) is 12.6. The smallest absolute Gasteiger partial charge is 0.321 e. The molecule has 3 rings (SSSR count). The largest absolute Gasteiger partial charge is 0.480 e. The molecule has 2 aromatic carbocycles. The number of carboxylic acids is 1. The highest BCUT2D eigenvalue weighted by Crippen LogP contribution is 2.27. The second-order valence-electron chi connectivity index (χ2n) is 8.21. The van der Waals surface area contributed by atoms with Crippen LogP contribution < -0.4 is 5.32 Å². The Balaban J connectivity index is 1.78. The maximum absolute atomic E-state index is 11.2. The van der Waals surface area contributed by atoms with E-state index in [1.54, 1.807) is 7.05 Å². The van der Waals surface area contributed by atoms with E-state index in [-0.39, 0.29) is 5.41 Å². The molecule has 29 heavy (non-hydrogen) atoms. The van der Waals surface area contributed by atoms with Gasteiger partial charge in [-0.1, -0.05) is 69.3 Å². The maximum atomic E-state index is 11.2. The molecule has 3 aromatic rings. The van der Waals surface area contributed by atoms with Crippen molar-refractivity contribution in [1.29, 1.82) is 0 Å². The number of aromatic nitrogens is 2. The molecule has 0 aliphatic heterocycles. The van der Waals surface area contributed by atoms with Gasteiger partial charge in [0.05, 0.1) is 0 Å². The minimum atomic E-state index is -0.856. The van der Waals surface area contributed by atoms with Gasteiger partial charge in [0.25, 0.3) is 0 Å². The summed E-state index contributed by atoms with van der Waals surface area (Å²) in [5, 5.41) is 12.0. The van der Waals surface area contributed by atoms with Gasteiger partial charge in [-0.3, -0.25) is 4.79 Å². The van der Waals surface area contributed by atoms with Crippen molar-refractivity contribution < 1.29 is 9.90 Å². The molecule has 0 radical (unpaired) electrons. The van der Waals surface area contributed by atoms with E-state index in [9.17, 15) is 4.79 Å². The average Bonchev–Trinajstić information content (AvgIpc) is 2.72. The number of hydrogen-bond acceptors (Lipinski definition) is 4. The summed E-state index contributed by atoms with van der Waals surface area (Å²) in [6.07, 6.45) is 4.12. The standard InChI is InChI=1S/C24H27N3O2/c1-24(2,3)20-7-5-6-18(13-20)19-14-26-22(27-15-19)17-10-8-16(9-11-17)12-21(25-4)23(28)29/h5-11,13-15,21,25H,12H2,1-4H3,(H,28,29). The van der Waals surface area contributed by atoms with Crippen LogP contribution in [0.2, 0.25) is 0 Å². The third-order valence-electron chi connectivity index (χ3n) is 5.01. The third-order valence-corrected chi connectivity index (χ3v) is 5.01. The van der Waals surface area contributed by atoms with Crippen LogP contribution in [0.5, 0.6) is 0 Å². The molecule has 5 nitrogen and oxygen atoms in total. The van der Waals surface area contributed by atoms with Crippen molar-refractivity contribution in [2.24, 2.45) is 0 Å². The Morgan fingerprint density at radius 2 is 1.66 bits per heavy atom. The zero-order valence-electron chi connectivity index (χ0n) is 17.3. The minimum Gasteiger partial charge on any atom is -0.480 e. The number of carbonyl (C=O) groups is 1.